The van der Waals surface area contributed by atoms with Crippen molar-refractivity contribution in [2.75, 3.05) is 39.3 Å². The number of likely N-dealkylation sites (N-methyl/N-ethyl adjacent to an activating group) is 1. The van der Waals surface area contributed by atoms with Crippen molar-refractivity contribution in [1.82, 2.24) is 19.9 Å². The van der Waals surface area contributed by atoms with Crippen molar-refractivity contribution in [3.8, 4) is 11.3 Å². The molecule has 1 fully saturated rings. The van der Waals surface area contributed by atoms with Gasteiger partial charge in [-0.3, -0.25) is 9.59 Å². The van der Waals surface area contributed by atoms with Crippen LogP contribution in [0.1, 0.15) is 23.0 Å². The number of carbonyl (C=O) groups excluding carboxylic acids is 2. The first-order chi connectivity index (χ1) is 15.6. The van der Waals surface area contributed by atoms with E-state index in [1.54, 1.807) is 11.0 Å². The summed E-state index contributed by atoms with van der Waals surface area (Å²) in [6.45, 7) is 6.53. The van der Waals surface area contributed by atoms with Gasteiger partial charge in [0.15, 0.2) is 11.5 Å². The van der Waals surface area contributed by atoms with Crippen LogP contribution in [0.2, 0.25) is 0 Å². The maximum Gasteiger partial charge on any atom is 0.276 e. The van der Waals surface area contributed by atoms with E-state index in [2.05, 4.69) is 17.0 Å². The quantitative estimate of drug-likeness (QED) is 0.574. The Labute approximate surface area is 188 Å². The van der Waals surface area contributed by atoms with E-state index in [1.165, 1.54) is 0 Å². The van der Waals surface area contributed by atoms with Crippen LogP contribution in [0.4, 0.5) is 0 Å². The maximum atomic E-state index is 13.3. The van der Waals surface area contributed by atoms with Crippen molar-refractivity contribution in [2.45, 2.75) is 13.5 Å². The van der Waals surface area contributed by atoms with Crippen LogP contribution in [0.25, 0.3) is 11.3 Å². The van der Waals surface area contributed by atoms with Crippen LogP contribution < -0.4 is 0 Å². The number of carbonyl (C=O) groups is 2. The van der Waals surface area contributed by atoms with E-state index in [4.69, 9.17) is 4.52 Å². The summed E-state index contributed by atoms with van der Waals surface area (Å²) in [7, 11) is 0. The molecule has 2 heterocycles. The highest BCUT2D eigenvalue weighted by Crippen LogP contribution is 2.21. The average molecular weight is 433 g/mol. The summed E-state index contributed by atoms with van der Waals surface area (Å²) in [5.74, 6) is 0.160. The fourth-order valence-corrected chi connectivity index (χ4v) is 3.86. The average Bonchev–Trinajstić information content (AvgIpc) is 3.35. The lowest BCUT2D eigenvalue weighted by Gasteiger charge is -2.35. The largest absolute Gasteiger partial charge is 0.355 e. The van der Waals surface area contributed by atoms with E-state index >= 15 is 0 Å². The zero-order chi connectivity index (χ0) is 22.3. The zero-order valence-corrected chi connectivity index (χ0v) is 18.3. The Morgan fingerprint density at radius 2 is 1.62 bits per heavy atom. The highest BCUT2D eigenvalue weighted by atomic mass is 16.5. The van der Waals surface area contributed by atoms with E-state index in [0.717, 1.165) is 30.8 Å². The second-order valence-electron chi connectivity index (χ2n) is 7.90. The molecule has 0 radical (unpaired) electrons. The van der Waals surface area contributed by atoms with Crippen LogP contribution in [-0.2, 0) is 11.3 Å². The summed E-state index contributed by atoms with van der Waals surface area (Å²) >= 11 is 0. The predicted molar refractivity (Wildman–Crippen MR) is 122 cm³/mol. The van der Waals surface area contributed by atoms with E-state index < -0.39 is 0 Å². The molecule has 1 aliphatic heterocycles. The predicted octanol–water partition coefficient (Wildman–Crippen LogP) is 3.15. The van der Waals surface area contributed by atoms with Crippen molar-refractivity contribution in [3.63, 3.8) is 0 Å². The van der Waals surface area contributed by atoms with E-state index in [1.807, 2.05) is 65.6 Å². The molecular formula is C25H28N4O3. The number of rotatable bonds is 7. The van der Waals surface area contributed by atoms with Crippen LogP contribution in [0, 0.1) is 0 Å². The number of piperazine rings is 1. The molecule has 3 aromatic rings. The minimum absolute atomic E-state index is 0.00732. The van der Waals surface area contributed by atoms with Gasteiger partial charge in [0, 0.05) is 44.4 Å². The van der Waals surface area contributed by atoms with Crippen molar-refractivity contribution in [2.24, 2.45) is 0 Å². The number of amides is 2. The van der Waals surface area contributed by atoms with E-state index in [0.29, 0.717) is 25.4 Å². The molecular weight excluding hydrogens is 404 g/mol. The third-order valence-corrected chi connectivity index (χ3v) is 5.79. The Bertz CT molecular complexity index is 1030. The molecule has 1 aromatic heterocycles. The molecule has 0 spiro atoms. The fraction of sp³-hybridized carbons (Fsp3) is 0.320. The molecule has 2 amide bonds. The Balaban J connectivity index is 1.51. The summed E-state index contributed by atoms with van der Waals surface area (Å²) in [5.41, 5.74) is 2.00. The van der Waals surface area contributed by atoms with Gasteiger partial charge in [0.25, 0.3) is 5.91 Å². The van der Waals surface area contributed by atoms with Crippen LogP contribution in [-0.4, -0.2) is 70.9 Å². The first-order valence-corrected chi connectivity index (χ1v) is 11.0. The number of hydrogen-bond donors (Lipinski definition) is 0. The second kappa shape index (κ2) is 10.2. The highest BCUT2D eigenvalue weighted by molar-refractivity contribution is 5.95. The lowest BCUT2D eigenvalue weighted by Crippen LogP contribution is -2.51. The fourth-order valence-electron chi connectivity index (χ4n) is 3.86. The summed E-state index contributed by atoms with van der Waals surface area (Å²) < 4.78 is 5.42. The summed E-state index contributed by atoms with van der Waals surface area (Å²) in [5, 5.41) is 4.00. The summed E-state index contributed by atoms with van der Waals surface area (Å²) in [4.78, 5) is 32.1. The molecule has 166 valence electrons. The minimum Gasteiger partial charge on any atom is -0.355 e. The van der Waals surface area contributed by atoms with Crippen molar-refractivity contribution >= 4 is 11.8 Å². The molecule has 2 aromatic carbocycles. The summed E-state index contributed by atoms with van der Waals surface area (Å²) in [6.07, 6.45) is 0. The topological polar surface area (TPSA) is 69.9 Å². The van der Waals surface area contributed by atoms with Gasteiger partial charge in [-0.2, -0.15) is 0 Å². The lowest BCUT2D eigenvalue weighted by atomic mass is 10.1. The van der Waals surface area contributed by atoms with Crippen molar-refractivity contribution < 1.29 is 14.1 Å². The molecule has 7 heteroatoms. The first-order valence-electron chi connectivity index (χ1n) is 11.0. The molecule has 0 saturated carbocycles. The molecule has 1 saturated heterocycles. The number of nitrogens with zero attached hydrogens (tertiary/aromatic N) is 4. The molecule has 0 N–H and O–H groups in total. The number of benzene rings is 2. The Hall–Kier alpha value is -3.45. The number of hydrogen-bond acceptors (Lipinski definition) is 5. The molecule has 4 rings (SSSR count). The highest BCUT2D eigenvalue weighted by Gasteiger charge is 2.27. The molecule has 0 bridgehead atoms. The van der Waals surface area contributed by atoms with Gasteiger partial charge in [-0.15, -0.1) is 0 Å². The monoisotopic (exact) mass is 432 g/mol. The molecule has 0 aliphatic carbocycles. The standard InChI is InChI=1S/C25H28N4O3/c1-2-27-13-15-28(16-14-27)24(30)19-29(18-20-9-5-3-6-10-20)25(31)22-17-23(32-26-22)21-11-7-4-8-12-21/h3-12,17H,2,13-16,18-19H2,1H3. The Morgan fingerprint density at radius 3 is 2.28 bits per heavy atom. The van der Waals surface area contributed by atoms with Gasteiger partial charge in [0.2, 0.25) is 5.91 Å². The smallest absolute Gasteiger partial charge is 0.276 e. The molecule has 0 atom stereocenters. The van der Waals surface area contributed by atoms with Gasteiger partial charge in [0.05, 0.1) is 0 Å². The normalized spacial score (nSPS) is 14.3. The molecule has 1 aliphatic rings. The van der Waals surface area contributed by atoms with Gasteiger partial charge in [0.1, 0.15) is 6.54 Å². The molecule has 0 unspecified atom stereocenters. The van der Waals surface area contributed by atoms with Gasteiger partial charge in [-0.25, -0.2) is 0 Å². The van der Waals surface area contributed by atoms with Crippen molar-refractivity contribution in [3.05, 3.63) is 78.0 Å². The number of aromatic nitrogens is 1. The summed E-state index contributed by atoms with van der Waals surface area (Å²) in [6, 6.07) is 20.8. The molecule has 32 heavy (non-hydrogen) atoms. The third-order valence-electron chi connectivity index (χ3n) is 5.79. The SMILES string of the molecule is CCN1CCN(C(=O)CN(Cc2ccccc2)C(=O)c2cc(-c3ccccc3)on2)CC1. The van der Waals surface area contributed by atoms with Gasteiger partial charge >= 0.3 is 0 Å². The first kappa shape index (κ1) is 21.8. The third kappa shape index (κ3) is 5.23. The van der Waals surface area contributed by atoms with Gasteiger partial charge in [-0.1, -0.05) is 72.7 Å². The van der Waals surface area contributed by atoms with Gasteiger partial charge < -0.3 is 19.2 Å². The van der Waals surface area contributed by atoms with Crippen LogP contribution in [0.3, 0.4) is 0 Å². The van der Waals surface area contributed by atoms with Crippen molar-refractivity contribution in [1.29, 1.82) is 0 Å². The Kier molecular flexibility index (Phi) is 6.97. The maximum absolute atomic E-state index is 13.3. The van der Waals surface area contributed by atoms with E-state index in [9.17, 15) is 9.59 Å². The van der Waals surface area contributed by atoms with Crippen LogP contribution in [0.5, 0.6) is 0 Å². The second-order valence-corrected chi connectivity index (χ2v) is 7.90. The Morgan fingerprint density at radius 1 is 0.969 bits per heavy atom. The lowest BCUT2D eigenvalue weighted by molar-refractivity contribution is -0.133. The molecule has 7 nitrogen and oxygen atoms in total. The zero-order valence-electron chi connectivity index (χ0n) is 18.3. The van der Waals surface area contributed by atoms with Crippen LogP contribution >= 0.6 is 0 Å². The van der Waals surface area contributed by atoms with Crippen LogP contribution in [0.15, 0.2) is 71.3 Å². The van der Waals surface area contributed by atoms with Gasteiger partial charge in [-0.05, 0) is 12.1 Å². The minimum atomic E-state index is -0.319. The van der Waals surface area contributed by atoms with E-state index in [-0.39, 0.29) is 24.1 Å².